The van der Waals surface area contributed by atoms with Crippen molar-refractivity contribution in [2.24, 2.45) is 5.73 Å². The summed E-state index contributed by atoms with van der Waals surface area (Å²) < 4.78 is 0. The van der Waals surface area contributed by atoms with E-state index in [9.17, 15) is 0 Å². The number of nitrogens with two attached hydrogens (primary N) is 1. The Balaban J connectivity index is 2.06. The van der Waals surface area contributed by atoms with E-state index in [0.717, 1.165) is 31.2 Å². The smallest absolute Gasteiger partial charge is 0.0426 e. The van der Waals surface area contributed by atoms with Gasteiger partial charge in [0.15, 0.2) is 0 Å². The molecule has 4 heteroatoms. The van der Waals surface area contributed by atoms with Gasteiger partial charge >= 0.3 is 0 Å². The molecule has 1 aliphatic heterocycles. The molecule has 0 aliphatic carbocycles. The second kappa shape index (κ2) is 5.91. The normalized spacial score (nSPS) is 19.8. The molecule has 100 valence electrons. The van der Waals surface area contributed by atoms with Crippen LogP contribution in [0.1, 0.15) is 12.0 Å². The van der Waals surface area contributed by atoms with Gasteiger partial charge in [-0.1, -0.05) is 17.7 Å². The fourth-order valence-corrected chi connectivity index (χ4v) is 2.80. The van der Waals surface area contributed by atoms with Crippen LogP contribution < -0.4 is 10.6 Å². The van der Waals surface area contributed by atoms with Crippen LogP contribution in [0.4, 0.5) is 5.69 Å². The molecule has 3 nitrogen and oxygen atoms in total. The van der Waals surface area contributed by atoms with Crippen LogP contribution in [0.2, 0.25) is 5.02 Å². The maximum atomic E-state index is 6.09. The van der Waals surface area contributed by atoms with Gasteiger partial charge in [-0.2, -0.15) is 0 Å². The Kier molecular flexibility index (Phi) is 4.49. The topological polar surface area (TPSA) is 32.5 Å². The predicted octanol–water partition coefficient (Wildman–Crippen LogP) is 2.12. The zero-order chi connectivity index (χ0) is 13.1. The van der Waals surface area contributed by atoms with E-state index in [2.05, 4.69) is 35.9 Å². The Morgan fingerprint density at radius 2 is 2.28 bits per heavy atom. The average Bonchev–Trinajstić information content (AvgIpc) is 2.82. The van der Waals surface area contributed by atoms with Crippen LogP contribution in [0.5, 0.6) is 0 Å². The molecule has 0 saturated carbocycles. The lowest BCUT2D eigenvalue weighted by Crippen LogP contribution is -2.37. The lowest BCUT2D eigenvalue weighted by atomic mass is 10.2. The molecule has 1 atom stereocenters. The first-order valence-corrected chi connectivity index (χ1v) is 6.91. The fraction of sp³-hybridized carbons (Fsp3) is 0.571. The van der Waals surface area contributed by atoms with Gasteiger partial charge in [-0.15, -0.1) is 0 Å². The third-order valence-corrected chi connectivity index (χ3v) is 4.02. The average molecular weight is 268 g/mol. The number of rotatable bonds is 4. The van der Waals surface area contributed by atoms with Crippen molar-refractivity contribution in [2.75, 3.05) is 38.1 Å². The second-order valence-corrected chi connectivity index (χ2v) is 5.53. The molecule has 2 rings (SSSR count). The Labute approximate surface area is 115 Å². The number of hydrogen-bond acceptors (Lipinski definition) is 3. The fourth-order valence-electron chi connectivity index (χ4n) is 2.63. The molecular weight excluding hydrogens is 246 g/mol. The molecule has 0 radical (unpaired) electrons. The zero-order valence-corrected chi connectivity index (χ0v) is 12.0. The molecule has 0 aromatic heterocycles. The van der Waals surface area contributed by atoms with Crippen molar-refractivity contribution in [3.05, 3.63) is 28.8 Å². The van der Waals surface area contributed by atoms with Crippen molar-refractivity contribution in [1.29, 1.82) is 0 Å². The number of hydrogen-bond donors (Lipinski definition) is 1. The summed E-state index contributed by atoms with van der Waals surface area (Å²) in [7, 11) is 2.16. The van der Waals surface area contributed by atoms with Gasteiger partial charge in [0, 0.05) is 42.9 Å². The summed E-state index contributed by atoms with van der Waals surface area (Å²) in [6, 6.07) is 6.72. The first-order chi connectivity index (χ1) is 8.61. The standard InChI is InChI=1S/C14H22ClN3/c1-11-3-4-12(15)9-14(11)18-7-5-13(10-18)17(2)8-6-16/h3-4,9,13H,5-8,10,16H2,1-2H3. The minimum absolute atomic E-state index is 0.604. The van der Waals surface area contributed by atoms with Gasteiger partial charge in [0.25, 0.3) is 0 Å². The lowest BCUT2D eigenvalue weighted by molar-refractivity contribution is 0.266. The summed E-state index contributed by atoms with van der Waals surface area (Å²) >= 11 is 6.09. The van der Waals surface area contributed by atoms with E-state index in [-0.39, 0.29) is 0 Å². The molecular formula is C14H22ClN3. The first-order valence-electron chi connectivity index (χ1n) is 6.53. The quantitative estimate of drug-likeness (QED) is 0.907. The van der Waals surface area contributed by atoms with Gasteiger partial charge in [0.1, 0.15) is 0 Å². The van der Waals surface area contributed by atoms with E-state index in [1.165, 1.54) is 17.7 Å². The van der Waals surface area contributed by atoms with Gasteiger partial charge in [-0.25, -0.2) is 0 Å². The highest BCUT2D eigenvalue weighted by molar-refractivity contribution is 6.30. The molecule has 0 bridgehead atoms. The van der Waals surface area contributed by atoms with E-state index in [1.807, 2.05) is 6.07 Å². The molecule has 1 unspecified atom stereocenters. The highest BCUT2D eigenvalue weighted by Gasteiger charge is 2.26. The molecule has 1 aromatic rings. The van der Waals surface area contributed by atoms with Crippen molar-refractivity contribution >= 4 is 17.3 Å². The van der Waals surface area contributed by atoms with Gasteiger partial charge in [-0.3, -0.25) is 0 Å². The molecule has 1 fully saturated rings. The van der Waals surface area contributed by atoms with Crippen LogP contribution in [0.15, 0.2) is 18.2 Å². The Morgan fingerprint density at radius 3 is 3.00 bits per heavy atom. The van der Waals surface area contributed by atoms with Crippen molar-refractivity contribution in [3.8, 4) is 0 Å². The summed E-state index contributed by atoms with van der Waals surface area (Å²) in [5.41, 5.74) is 8.18. The Morgan fingerprint density at radius 1 is 1.50 bits per heavy atom. The Hall–Kier alpha value is -0.770. The Bertz CT molecular complexity index is 408. The maximum Gasteiger partial charge on any atom is 0.0426 e. The lowest BCUT2D eigenvalue weighted by Gasteiger charge is -2.25. The van der Waals surface area contributed by atoms with Crippen molar-refractivity contribution in [2.45, 2.75) is 19.4 Å². The van der Waals surface area contributed by atoms with E-state index in [4.69, 9.17) is 17.3 Å². The van der Waals surface area contributed by atoms with Crippen molar-refractivity contribution < 1.29 is 0 Å². The first kappa shape index (κ1) is 13.7. The summed E-state index contributed by atoms with van der Waals surface area (Å²) in [5, 5.41) is 0.814. The van der Waals surface area contributed by atoms with Crippen molar-refractivity contribution in [1.82, 2.24) is 4.90 Å². The highest BCUT2D eigenvalue weighted by atomic mass is 35.5. The van der Waals surface area contributed by atoms with E-state index in [1.54, 1.807) is 0 Å². The van der Waals surface area contributed by atoms with Gasteiger partial charge < -0.3 is 15.5 Å². The molecule has 1 saturated heterocycles. The number of halogens is 1. The summed E-state index contributed by atoms with van der Waals surface area (Å²) in [6.45, 7) is 6.00. The zero-order valence-electron chi connectivity index (χ0n) is 11.2. The number of anilines is 1. The molecule has 1 aromatic carbocycles. The third kappa shape index (κ3) is 2.97. The molecule has 18 heavy (non-hydrogen) atoms. The van der Waals surface area contributed by atoms with E-state index in [0.29, 0.717) is 6.04 Å². The minimum Gasteiger partial charge on any atom is -0.370 e. The SMILES string of the molecule is Cc1ccc(Cl)cc1N1CCC(N(C)CCN)C1. The van der Waals surface area contributed by atoms with Crippen LogP contribution in [-0.2, 0) is 0 Å². The number of benzene rings is 1. The number of aryl methyl sites for hydroxylation is 1. The molecule has 2 N–H and O–H groups in total. The van der Waals surface area contributed by atoms with Crippen LogP contribution in [0, 0.1) is 6.92 Å². The van der Waals surface area contributed by atoms with Gasteiger partial charge in [0.05, 0.1) is 0 Å². The van der Waals surface area contributed by atoms with Crippen molar-refractivity contribution in [3.63, 3.8) is 0 Å². The number of nitrogens with zero attached hydrogens (tertiary/aromatic N) is 2. The van der Waals surface area contributed by atoms with Crippen LogP contribution in [0.3, 0.4) is 0 Å². The second-order valence-electron chi connectivity index (χ2n) is 5.09. The summed E-state index contributed by atoms with van der Waals surface area (Å²) in [6.07, 6.45) is 1.20. The van der Waals surface area contributed by atoms with Gasteiger partial charge in [-0.05, 0) is 38.1 Å². The predicted molar refractivity (Wildman–Crippen MR) is 78.5 cm³/mol. The maximum absolute atomic E-state index is 6.09. The monoisotopic (exact) mass is 267 g/mol. The summed E-state index contributed by atoms with van der Waals surface area (Å²) in [5.74, 6) is 0. The molecule has 1 heterocycles. The third-order valence-electron chi connectivity index (χ3n) is 3.78. The van der Waals surface area contributed by atoms with E-state index >= 15 is 0 Å². The minimum atomic E-state index is 0.604. The van der Waals surface area contributed by atoms with Gasteiger partial charge in [0.2, 0.25) is 0 Å². The van der Waals surface area contributed by atoms with Crippen LogP contribution >= 0.6 is 11.6 Å². The van der Waals surface area contributed by atoms with E-state index < -0.39 is 0 Å². The largest absolute Gasteiger partial charge is 0.370 e. The molecule has 0 amide bonds. The summed E-state index contributed by atoms with van der Waals surface area (Å²) in [4.78, 5) is 4.79. The number of likely N-dealkylation sites (N-methyl/N-ethyl adjacent to an activating group) is 1. The molecule has 1 aliphatic rings. The van der Waals surface area contributed by atoms with Crippen LogP contribution in [-0.4, -0.2) is 44.2 Å². The highest BCUT2D eigenvalue weighted by Crippen LogP contribution is 2.28. The van der Waals surface area contributed by atoms with Crippen LogP contribution in [0.25, 0.3) is 0 Å². The molecule has 0 spiro atoms.